The summed E-state index contributed by atoms with van der Waals surface area (Å²) in [6, 6.07) is 1.51. The summed E-state index contributed by atoms with van der Waals surface area (Å²) in [7, 11) is -3.22. The minimum atomic E-state index is -3.22. The number of hydrogen-bond acceptors (Lipinski definition) is 5. The van der Waals surface area contributed by atoms with Gasteiger partial charge in [0.2, 0.25) is 10.0 Å². The van der Waals surface area contributed by atoms with Crippen molar-refractivity contribution in [3.05, 3.63) is 27.7 Å². The predicted octanol–water partition coefficient (Wildman–Crippen LogP) is 0.457. The molecule has 1 atom stereocenters. The molecular weight excluding hydrogens is 310 g/mol. The summed E-state index contributed by atoms with van der Waals surface area (Å²) in [5.41, 5.74) is 1.88. The molecule has 0 spiro atoms. The number of thioether (sulfide) groups is 1. The van der Waals surface area contributed by atoms with Crippen LogP contribution in [0, 0.1) is 0 Å². The summed E-state index contributed by atoms with van der Waals surface area (Å²) in [6.07, 6.45) is 3.73. The molecule has 1 unspecified atom stereocenters. The lowest BCUT2D eigenvalue weighted by Crippen LogP contribution is -2.40. The van der Waals surface area contributed by atoms with Gasteiger partial charge in [-0.25, -0.2) is 13.1 Å². The third-order valence-corrected chi connectivity index (χ3v) is 6.38. The molecule has 1 fully saturated rings. The van der Waals surface area contributed by atoms with E-state index in [2.05, 4.69) is 5.10 Å². The number of nitrogens with zero attached hydrogens (tertiary/aromatic N) is 3. The van der Waals surface area contributed by atoms with Crippen LogP contribution in [0.15, 0.2) is 10.9 Å². The largest absolute Gasteiger partial charge is 0.268 e. The summed E-state index contributed by atoms with van der Waals surface area (Å²) in [5.74, 6) is 1.87. The van der Waals surface area contributed by atoms with Crippen molar-refractivity contribution in [3.8, 4) is 0 Å². The van der Waals surface area contributed by atoms with Crippen LogP contribution in [-0.4, -0.2) is 47.1 Å². The zero-order chi connectivity index (χ0) is 15.0. The SMILES string of the molecule is CS(=O)(=O)N1CCCC1Cn1nc2c(cc1=O)CSCC2. The zero-order valence-electron chi connectivity index (χ0n) is 12.0. The van der Waals surface area contributed by atoms with Crippen LogP contribution in [0.4, 0.5) is 0 Å². The minimum Gasteiger partial charge on any atom is -0.268 e. The van der Waals surface area contributed by atoms with Crippen LogP contribution in [0.5, 0.6) is 0 Å². The van der Waals surface area contributed by atoms with Gasteiger partial charge >= 0.3 is 0 Å². The molecule has 0 N–H and O–H groups in total. The molecule has 0 aromatic carbocycles. The fourth-order valence-corrected chi connectivity index (χ4v) is 5.14. The second-order valence-electron chi connectivity index (χ2n) is 5.61. The molecular formula is C13H19N3O3S2. The zero-order valence-corrected chi connectivity index (χ0v) is 13.6. The van der Waals surface area contributed by atoms with Crippen LogP contribution < -0.4 is 5.56 Å². The molecule has 0 aliphatic carbocycles. The molecule has 2 aliphatic rings. The van der Waals surface area contributed by atoms with E-state index in [1.165, 1.54) is 15.2 Å². The van der Waals surface area contributed by atoms with Crippen LogP contribution >= 0.6 is 11.8 Å². The highest BCUT2D eigenvalue weighted by molar-refractivity contribution is 7.98. The Morgan fingerprint density at radius 2 is 2.29 bits per heavy atom. The van der Waals surface area contributed by atoms with Crippen LogP contribution in [-0.2, 0) is 28.7 Å². The first-order chi connectivity index (χ1) is 9.95. The fraction of sp³-hybridized carbons (Fsp3) is 0.692. The number of fused-ring (bicyclic) bond motifs is 1. The predicted molar refractivity (Wildman–Crippen MR) is 82.9 cm³/mol. The van der Waals surface area contributed by atoms with Gasteiger partial charge in [-0.2, -0.15) is 21.2 Å². The highest BCUT2D eigenvalue weighted by Gasteiger charge is 2.32. The van der Waals surface area contributed by atoms with Gasteiger partial charge in [-0.05, 0) is 24.2 Å². The minimum absolute atomic E-state index is 0.128. The van der Waals surface area contributed by atoms with Crippen molar-refractivity contribution in [2.75, 3.05) is 18.6 Å². The van der Waals surface area contributed by atoms with E-state index in [1.54, 1.807) is 6.07 Å². The highest BCUT2D eigenvalue weighted by atomic mass is 32.2. The maximum atomic E-state index is 12.2. The Bertz CT molecular complexity index is 699. The summed E-state index contributed by atoms with van der Waals surface area (Å²) < 4.78 is 26.5. The molecule has 0 amide bonds. The number of aromatic nitrogens is 2. The normalized spacial score (nSPS) is 23.2. The van der Waals surface area contributed by atoms with Crippen molar-refractivity contribution in [3.63, 3.8) is 0 Å². The third kappa shape index (κ3) is 3.17. The van der Waals surface area contributed by atoms with Gasteiger partial charge in [-0.15, -0.1) is 0 Å². The topological polar surface area (TPSA) is 72.3 Å². The summed E-state index contributed by atoms with van der Waals surface area (Å²) in [6.45, 7) is 0.895. The van der Waals surface area contributed by atoms with Crippen molar-refractivity contribution in [2.24, 2.45) is 0 Å². The van der Waals surface area contributed by atoms with E-state index < -0.39 is 10.0 Å². The van der Waals surface area contributed by atoms with Gasteiger partial charge in [0.1, 0.15) is 0 Å². The van der Waals surface area contributed by atoms with Crippen molar-refractivity contribution in [2.45, 2.75) is 37.6 Å². The molecule has 2 aliphatic heterocycles. The monoisotopic (exact) mass is 329 g/mol. The maximum absolute atomic E-state index is 12.2. The molecule has 21 heavy (non-hydrogen) atoms. The van der Waals surface area contributed by atoms with Crippen molar-refractivity contribution < 1.29 is 8.42 Å². The van der Waals surface area contributed by atoms with Gasteiger partial charge in [-0.1, -0.05) is 0 Å². The van der Waals surface area contributed by atoms with Crippen LogP contribution in [0.1, 0.15) is 24.1 Å². The Hall–Kier alpha value is -0.860. The number of aryl methyl sites for hydroxylation is 1. The first-order valence-electron chi connectivity index (χ1n) is 7.09. The van der Waals surface area contributed by atoms with Gasteiger partial charge in [0.05, 0.1) is 18.5 Å². The van der Waals surface area contributed by atoms with Crippen LogP contribution in [0.25, 0.3) is 0 Å². The van der Waals surface area contributed by atoms with Crippen LogP contribution in [0.2, 0.25) is 0 Å². The lowest BCUT2D eigenvalue weighted by molar-refractivity contribution is 0.335. The van der Waals surface area contributed by atoms with Gasteiger partial charge < -0.3 is 0 Å². The van der Waals surface area contributed by atoms with E-state index in [-0.39, 0.29) is 11.6 Å². The molecule has 1 saturated heterocycles. The van der Waals surface area contributed by atoms with E-state index in [0.29, 0.717) is 13.1 Å². The van der Waals surface area contributed by atoms with Crippen molar-refractivity contribution >= 4 is 21.8 Å². The Balaban J connectivity index is 1.86. The average molecular weight is 329 g/mol. The Labute approximate surface area is 128 Å². The molecule has 0 radical (unpaired) electrons. The summed E-state index contributed by atoms with van der Waals surface area (Å²) in [5, 5.41) is 4.46. The lowest BCUT2D eigenvalue weighted by atomic mass is 10.2. The van der Waals surface area contributed by atoms with Gasteiger partial charge in [-0.3, -0.25) is 4.79 Å². The third-order valence-electron chi connectivity index (χ3n) is 4.04. The molecule has 6 nitrogen and oxygen atoms in total. The van der Waals surface area contributed by atoms with Gasteiger partial charge in [0.25, 0.3) is 5.56 Å². The van der Waals surface area contributed by atoms with Gasteiger partial charge in [0, 0.05) is 30.8 Å². The van der Waals surface area contributed by atoms with Crippen molar-refractivity contribution in [1.29, 1.82) is 0 Å². The van der Waals surface area contributed by atoms with Crippen molar-refractivity contribution in [1.82, 2.24) is 14.1 Å². The lowest BCUT2D eigenvalue weighted by Gasteiger charge is -2.23. The standard InChI is InChI=1S/C13H19N3O3S2/c1-21(18,19)16-5-2-3-11(16)8-15-13(17)7-10-9-20-6-4-12(10)14-15/h7,11H,2-6,8-9H2,1H3. The number of rotatable bonds is 3. The van der Waals surface area contributed by atoms with E-state index in [1.807, 2.05) is 11.8 Å². The second kappa shape index (κ2) is 5.73. The Kier molecular flexibility index (Phi) is 4.11. The molecule has 3 rings (SSSR count). The van der Waals surface area contributed by atoms with E-state index in [9.17, 15) is 13.2 Å². The smallest absolute Gasteiger partial charge is 0.267 e. The maximum Gasteiger partial charge on any atom is 0.267 e. The molecule has 0 saturated carbocycles. The van der Waals surface area contributed by atoms with Gasteiger partial charge in [0.15, 0.2) is 0 Å². The quantitative estimate of drug-likeness (QED) is 0.805. The molecule has 116 valence electrons. The Morgan fingerprint density at radius 1 is 1.48 bits per heavy atom. The number of hydrogen-bond donors (Lipinski definition) is 0. The average Bonchev–Trinajstić information content (AvgIpc) is 2.88. The molecule has 0 bridgehead atoms. The molecule has 3 heterocycles. The van der Waals surface area contributed by atoms with Crippen LogP contribution in [0.3, 0.4) is 0 Å². The van der Waals surface area contributed by atoms with E-state index >= 15 is 0 Å². The first kappa shape index (κ1) is 15.1. The molecule has 8 heteroatoms. The Morgan fingerprint density at radius 3 is 3.05 bits per heavy atom. The second-order valence-corrected chi connectivity index (χ2v) is 8.65. The van der Waals surface area contributed by atoms with E-state index in [0.717, 1.165) is 42.0 Å². The fourth-order valence-electron chi connectivity index (χ4n) is 3.01. The molecule has 1 aromatic heterocycles. The summed E-state index contributed by atoms with van der Waals surface area (Å²) >= 11 is 1.81. The summed E-state index contributed by atoms with van der Waals surface area (Å²) in [4.78, 5) is 12.2. The molecule has 1 aromatic rings. The highest BCUT2D eigenvalue weighted by Crippen LogP contribution is 2.23. The first-order valence-corrected chi connectivity index (χ1v) is 10.1. The number of sulfonamides is 1. The van der Waals surface area contributed by atoms with E-state index in [4.69, 9.17) is 0 Å².